The van der Waals surface area contributed by atoms with Crippen LogP contribution in [-0.4, -0.2) is 33.4 Å². The number of nitrogens with zero attached hydrogens (tertiary/aromatic N) is 1. The summed E-state index contributed by atoms with van der Waals surface area (Å²) in [7, 11) is 1.80. The molecule has 3 heteroatoms. The van der Waals surface area contributed by atoms with Crippen LogP contribution in [0.15, 0.2) is 18.2 Å². The summed E-state index contributed by atoms with van der Waals surface area (Å²) >= 11 is 0. The predicted octanol–water partition coefficient (Wildman–Crippen LogP) is 2.97. The lowest BCUT2D eigenvalue weighted by Gasteiger charge is -2.23. The summed E-state index contributed by atoms with van der Waals surface area (Å²) in [6.07, 6.45) is 2.42. The number of hydrogen-bond donors (Lipinski definition) is 1. The average molecular weight is 276 g/mol. The number of nitrogens with one attached hydrogen (secondary N) is 1. The van der Waals surface area contributed by atoms with Gasteiger partial charge in [-0.3, -0.25) is 0 Å². The van der Waals surface area contributed by atoms with Gasteiger partial charge in [-0.25, -0.2) is 0 Å². The van der Waals surface area contributed by atoms with Crippen LogP contribution < -0.4 is 10.2 Å². The molecule has 0 spiro atoms. The molecule has 0 amide bonds. The van der Waals surface area contributed by atoms with E-state index in [9.17, 15) is 0 Å². The van der Waals surface area contributed by atoms with Crippen molar-refractivity contribution in [1.82, 2.24) is 5.32 Å². The average Bonchev–Trinajstić information content (AvgIpc) is 2.88. The molecule has 1 heterocycles. The van der Waals surface area contributed by atoms with Crippen molar-refractivity contribution >= 4 is 5.69 Å². The van der Waals surface area contributed by atoms with Gasteiger partial charge in [0.25, 0.3) is 0 Å². The second-order valence-electron chi connectivity index (χ2n) is 5.87. The van der Waals surface area contributed by atoms with E-state index in [4.69, 9.17) is 4.74 Å². The lowest BCUT2D eigenvalue weighted by Crippen LogP contribution is -2.24. The van der Waals surface area contributed by atoms with Gasteiger partial charge in [0.1, 0.15) is 0 Å². The van der Waals surface area contributed by atoms with E-state index in [1.807, 2.05) is 0 Å². The first kappa shape index (κ1) is 15.3. The highest BCUT2D eigenvalue weighted by Crippen LogP contribution is 2.28. The maximum atomic E-state index is 5.30. The van der Waals surface area contributed by atoms with E-state index in [-0.39, 0.29) is 0 Å². The molecule has 1 fully saturated rings. The second-order valence-corrected chi connectivity index (χ2v) is 5.87. The van der Waals surface area contributed by atoms with E-state index in [1.54, 1.807) is 7.11 Å². The minimum Gasteiger partial charge on any atom is -0.384 e. The molecule has 1 aliphatic heterocycles. The second kappa shape index (κ2) is 7.65. The molecule has 0 aliphatic carbocycles. The molecule has 1 aromatic carbocycles. The first-order chi connectivity index (χ1) is 9.74. The first-order valence-electron chi connectivity index (χ1n) is 7.78. The number of anilines is 1. The van der Waals surface area contributed by atoms with Gasteiger partial charge in [-0.15, -0.1) is 0 Å². The maximum Gasteiger partial charge on any atom is 0.0508 e. The van der Waals surface area contributed by atoms with E-state index in [1.165, 1.54) is 29.7 Å². The summed E-state index contributed by atoms with van der Waals surface area (Å²) < 4.78 is 5.30. The molecule has 0 saturated carbocycles. The lowest BCUT2D eigenvalue weighted by molar-refractivity contribution is 0.161. The van der Waals surface area contributed by atoms with Crippen molar-refractivity contribution in [3.8, 4) is 0 Å². The van der Waals surface area contributed by atoms with E-state index in [0.717, 1.165) is 32.8 Å². The third-order valence-corrected chi connectivity index (χ3v) is 4.01. The van der Waals surface area contributed by atoms with E-state index < -0.39 is 0 Å². The standard InChI is InChI=1S/C17H28N2O/c1-4-8-18-11-16-10-14(2)5-6-17(16)19-9-7-15(12-19)13-20-3/h5-6,10,15,18H,4,7-9,11-13H2,1-3H3. The molecule has 0 radical (unpaired) electrons. The Morgan fingerprint density at radius 2 is 2.25 bits per heavy atom. The van der Waals surface area contributed by atoms with Crippen molar-refractivity contribution in [2.45, 2.75) is 33.2 Å². The third kappa shape index (κ3) is 3.97. The van der Waals surface area contributed by atoms with Gasteiger partial charge >= 0.3 is 0 Å². The maximum absolute atomic E-state index is 5.30. The Kier molecular flexibility index (Phi) is 5.86. The van der Waals surface area contributed by atoms with Crippen LogP contribution in [-0.2, 0) is 11.3 Å². The predicted molar refractivity (Wildman–Crippen MR) is 85.4 cm³/mol. The first-order valence-corrected chi connectivity index (χ1v) is 7.78. The van der Waals surface area contributed by atoms with Gasteiger partial charge in [0.05, 0.1) is 6.61 Å². The largest absolute Gasteiger partial charge is 0.384 e. The SMILES string of the molecule is CCCNCc1cc(C)ccc1N1CCC(COC)C1. The van der Waals surface area contributed by atoms with Gasteiger partial charge in [-0.05, 0) is 37.9 Å². The number of methoxy groups -OCH3 is 1. The van der Waals surface area contributed by atoms with E-state index in [0.29, 0.717) is 5.92 Å². The van der Waals surface area contributed by atoms with Crippen molar-refractivity contribution in [3.63, 3.8) is 0 Å². The van der Waals surface area contributed by atoms with Crippen molar-refractivity contribution in [2.24, 2.45) is 5.92 Å². The minimum atomic E-state index is 0.678. The van der Waals surface area contributed by atoms with Gasteiger partial charge < -0.3 is 15.0 Å². The normalized spacial score (nSPS) is 18.8. The molecular weight excluding hydrogens is 248 g/mol. The molecule has 1 N–H and O–H groups in total. The number of hydrogen-bond acceptors (Lipinski definition) is 3. The zero-order valence-electron chi connectivity index (χ0n) is 13.1. The highest BCUT2D eigenvalue weighted by atomic mass is 16.5. The highest BCUT2D eigenvalue weighted by molar-refractivity contribution is 5.55. The molecule has 1 aliphatic rings. The fourth-order valence-electron chi connectivity index (χ4n) is 2.99. The lowest BCUT2D eigenvalue weighted by atomic mass is 10.1. The van der Waals surface area contributed by atoms with Gasteiger partial charge in [-0.2, -0.15) is 0 Å². The van der Waals surface area contributed by atoms with Crippen molar-refractivity contribution in [1.29, 1.82) is 0 Å². The van der Waals surface area contributed by atoms with Crippen LogP contribution in [0.4, 0.5) is 5.69 Å². The number of aryl methyl sites for hydroxylation is 1. The fraction of sp³-hybridized carbons (Fsp3) is 0.647. The summed E-state index contributed by atoms with van der Waals surface area (Å²) in [6, 6.07) is 6.83. The van der Waals surface area contributed by atoms with Crippen LogP contribution in [0, 0.1) is 12.8 Å². The number of ether oxygens (including phenoxy) is 1. The Morgan fingerprint density at radius 3 is 3.00 bits per heavy atom. The zero-order valence-corrected chi connectivity index (χ0v) is 13.1. The van der Waals surface area contributed by atoms with Gasteiger partial charge in [0.2, 0.25) is 0 Å². The van der Waals surface area contributed by atoms with Crippen molar-refractivity contribution in [2.75, 3.05) is 38.3 Å². The molecule has 112 valence electrons. The molecule has 1 saturated heterocycles. The van der Waals surface area contributed by atoms with Gasteiger partial charge in [0.15, 0.2) is 0 Å². The van der Waals surface area contributed by atoms with Crippen LogP contribution in [0.2, 0.25) is 0 Å². The third-order valence-electron chi connectivity index (χ3n) is 4.01. The molecule has 20 heavy (non-hydrogen) atoms. The summed E-state index contributed by atoms with van der Waals surface area (Å²) in [4.78, 5) is 2.52. The van der Waals surface area contributed by atoms with E-state index in [2.05, 4.69) is 42.3 Å². The summed E-state index contributed by atoms with van der Waals surface area (Å²) in [5, 5.41) is 3.53. The number of rotatable bonds is 7. The Balaban J connectivity index is 2.06. The summed E-state index contributed by atoms with van der Waals surface area (Å²) in [5.74, 6) is 0.678. The molecule has 1 atom stereocenters. The van der Waals surface area contributed by atoms with Crippen LogP contribution in [0.1, 0.15) is 30.9 Å². The molecule has 2 rings (SSSR count). The summed E-state index contributed by atoms with van der Waals surface area (Å²) in [5.41, 5.74) is 4.17. The zero-order chi connectivity index (χ0) is 14.4. The van der Waals surface area contributed by atoms with Crippen LogP contribution in [0.5, 0.6) is 0 Å². The Labute approximate surface area is 123 Å². The van der Waals surface area contributed by atoms with Crippen LogP contribution >= 0.6 is 0 Å². The Morgan fingerprint density at radius 1 is 1.40 bits per heavy atom. The molecular formula is C17H28N2O. The van der Waals surface area contributed by atoms with Crippen LogP contribution in [0.3, 0.4) is 0 Å². The molecule has 1 aromatic rings. The smallest absolute Gasteiger partial charge is 0.0508 e. The Hall–Kier alpha value is -1.06. The molecule has 1 unspecified atom stereocenters. The Bertz CT molecular complexity index is 419. The molecule has 3 nitrogen and oxygen atoms in total. The highest BCUT2D eigenvalue weighted by Gasteiger charge is 2.23. The molecule has 0 aromatic heterocycles. The molecule has 0 bridgehead atoms. The minimum absolute atomic E-state index is 0.678. The van der Waals surface area contributed by atoms with Gasteiger partial charge in [0, 0.05) is 38.3 Å². The van der Waals surface area contributed by atoms with E-state index >= 15 is 0 Å². The van der Waals surface area contributed by atoms with Crippen molar-refractivity contribution < 1.29 is 4.74 Å². The number of benzene rings is 1. The van der Waals surface area contributed by atoms with Crippen LogP contribution in [0.25, 0.3) is 0 Å². The van der Waals surface area contributed by atoms with Gasteiger partial charge in [-0.1, -0.05) is 24.6 Å². The topological polar surface area (TPSA) is 24.5 Å². The quantitative estimate of drug-likeness (QED) is 0.775. The monoisotopic (exact) mass is 276 g/mol. The fourth-order valence-corrected chi connectivity index (χ4v) is 2.99. The van der Waals surface area contributed by atoms with Crippen molar-refractivity contribution in [3.05, 3.63) is 29.3 Å². The summed E-state index contributed by atoms with van der Waals surface area (Å²) in [6.45, 7) is 9.59.